The maximum Gasteiger partial charge on any atom is 0.119 e. The van der Waals surface area contributed by atoms with Crippen LogP contribution < -0.4 is 9.47 Å². The van der Waals surface area contributed by atoms with Crippen molar-refractivity contribution in [2.24, 2.45) is 10.2 Å². The quantitative estimate of drug-likeness (QED) is 0.180. The Morgan fingerprint density at radius 3 is 1.33 bits per heavy atom. The zero-order chi connectivity index (χ0) is 21.3. The summed E-state index contributed by atoms with van der Waals surface area (Å²) in [6, 6.07) is 15.9. The SMILES string of the molecule is CCCCCCOc1ccc(/C=N\N=C\c2ccc(OCCCCCC)cc2)cc1. The van der Waals surface area contributed by atoms with E-state index in [9.17, 15) is 0 Å². The molecular weight excluding hydrogens is 372 g/mol. The number of benzene rings is 2. The lowest BCUT2D eigenvalue weighted by Gasteiger charge is -2.05. The molecule has 0 N–H and O–H groups in total. The summed E-state index contributed by atoms with van der Waals surface area (Å²) >= 11 is 0. The molecule has 0 bridgehead atoms. The van der Waals surface area contributed by atoms with E-state index in [0.717, 1.165) is 48.7 Å². The Bertz CT molecular complexity index is 671. The number of nitrogens with zero attached hydrogens (tertiary/aromatic N) is 2. The van der Waals surface area contributed by atoms with Crippen LogP contribution in [-0.2, 0) is 0 Å². The third-order valence-corrected chi connectivity index (χ3v) is 4.77. The van der Waals surface area contributed by atoms with Crippen molar-refractivity contribution in [2.75, 3.05) is 13.2 Å². The summed E-state index contributed by atoms with van der Waals surface area (Å²) in [5.41, 5.74) is 2.00. The van der Waals surface area contributed by atoms with Crippen LogP contribution in [0.1, 0.15) is 76.3 Å². The van der Waals surface area contributed by atoms with E-state index >= 15 is 0 Å². The highest BCUT2D eigenvalue weighted by molar-refractivity contribution is 5.82. The van der Waals surface area contributed by atoms with Crippen LogP contribution in [0.4, 0.5) is 0 Å². The fourth-order valence-electron chi connectivity index (χ4n) is 2.94. The molecule has 0 aliphatic carbocycles. The van der Waals surface area contributed by atoms with Crippen molar-refractivity contribution in [2.45, 2.75) is 65.2 Å². The molecule has 0 fully saturated rings. The Hall–Kier alpha value is -2.62. The summed E-state index contributed by atoms with van der Waals surface area (Å²) in [4.78, 5) is 0. The predicted molar refractivity (Wildman–Crippen MR) is 127 cm³/mol. The zero-order valence-corrected chi connectivity index (χ0v) is 18.6. The van der Waals surface area contributed by atoms with Gasteiger partial charge in [-0.05, 0) is 72.5 Å². The van der Waals surface area contributed by atoms with Gasteiger partial charge in [0, 0.05) is 0 Å². The average molecular weight is 409 g/mol. The van der Waals surface area contributed by atoms with Gasteiger partial charge in [-0.15, -0.1) is 0 Å². The Morgan fingerprint density at radius 1 is 0.567 bits per heavy atom. The first kappa shape index (κ1) is 23.7. The monoisotopic (exact) mass is 408 g/mol. The first-order chi connectivity index (χ1) is 14.8. The molecule has 4 nitrogen and oxygen atoms in total. The maximum absolute atomic E-state index is 5.76. The number of unbranched alkanes of at least 4 members (excludes halogenated alkanes) is 6. The van der Waals surface area contributed by atoms with Gasteiger partial charge in [-0.1, -0.05) is 52.4 Å². The molecule has 0 saturated carbocycles. The molecule has 2 rings (SSSR count). The van der Waals surface area contributed by atoms with Gasteiger partial charge in [0.2, 0.25) is 0 Å². The van der Waals surface area contributed by atoms with Gasteiger partial charge in [-0.2, -0.15) is 10.2 Å². The molecule has 0 radical (unpaired) electrons. The van der Waals surface area contributed by atoms with Gasteiger partial charge in [0.25, 0.3) is 0 Å². The van der Waals surface area contributed by atoms with E-state index in [1.165, 1.54) is 38.5 Å². The minimum Gasteiger partial charge on any atom is -0.494 e. The fraction of sp³-hybridized carbons (Fsp3) is 0.462. The Balaban J connectivity index is 1.70. The van der Waals surface area contributed by atoms with Crippen molar-refractivity contribution in [1.82, 2.24) is 0 Å². The molecule has 0 spiro atoms. The topological polar surface area (TPSA) is 43.2 Å². The van der Waals surface area contributed by atoms with E-state index in [0.29, 0.717) is 0 Å². The van der Waals surface area contributed by atoms with Crippen molar-refractivity contribution in [3.05, 3.63) is 59.7 Å². The minimum absolute atomic E-state index is 0.778. The van der Waals surface area contributed by atoms with Crippen molar-refractivity contribution >= 4 is 12.4 Å². The van der Waals surface area contributed by atoms with Crippen LogP contribution in [0.2, 0.25) is 0 Å². The highest BCUT2D eigenvalue weighted by atomic mass is 16.5. The zero-order valence-electron chi connectivity index (χ0n) is 18.6. The van der Waals surface area contributed by atoms with Crippen LogP contribution >= 0.6 is 0 Å². The summed E-state index contributed by atoms with van der Waals surface area (Å²) in [6.07, 6.45) is 13.2. The third kappa shape index (κ3) is 10.2. The van der Waals surface area contributed by atoms with Crippen molar-refractivity contribution < 1.29 is 9.47 Å². The Morgan fingerprint density at radius 2 is 0.967 bits per heavy atom. The Labute approximate surface area is 182 Å². The number of hydrogen-bond acceptors (Lipinski definition) is 4. The van der Waals surface area contributed by atoms with Gasteiger partial charge in [-0.3, -0.25) is 0 Å². The normalized spacial score (nSPS) is 11.4. The van der Waals surface area contributed by atoms with Crippen LogP contribution in [0, 0.1) is 0 Å². The molecule has 30 heavy (non-hydrogen) atoms. The molecule has 0 aliphatic heterocycles. The first-order valence-corrected chi connectivity index (χ1v) is 11.3. The molecule has 0 heterocycles. The lowest BCUT2D eigenvalue weighted by Crippen LogP contribution is -1.97. The second-order valence-electron chi connectivity index (χ2n) is 7.45. The van der Waals surface area contributed by atoms with E-state index in [1.807, 2.05) is 48.5 Å². The van der Waals surface area contributed by atoms with E-state index in [-0.39, 0.29) is 0 Å². The molecule has 2 aromatic carbocycles. The summed E-state index contributed by atoms with van der Waals surface area (Å²) in [6.45, 7) is 5.99. The van der Waals surface area contributed by atoms with E-state index < -0.39 is 0 Å². The van der Waals surface area contributed by atoms with Gasteiger partial charge < -0.3 is 9.47 Å². The second kappa shape index (κ2) is 15.3. The molecule has 162 valence electrons. The van der Waals surface area contributed by atoms with Crippen molar-refractivity contribution in [3.8, 4) is 11.5 Å². The molecule has 0 saturated heterocycles. The molecule has 0 unspecified atom stereocenters. The van der Waals surface area contributed by atoms with E-state index in [2.05, 4.69) is 24.1 Å². The third-order valence-electron chi connectivity index (χ3n) is 4.77. The molecule has 0 amide bonds. The smallest absolute Gasteiger partial charge is 0.119 e. The minimum atomic E-state index is 0.778. The van der Waals surface area contributed by atoms with Crippen molar-refractivity contribution in [3.63, 3.8) is 0 Å². The van der Waals surface area contributed by atoms with Gasteiger partial charge >= 0.3 is 0 Å². The largest absolute Gasteiger partial charge is 0.494 e. The van der Waals surface area contributed by atoms with Gasteiger partial charge in [-0.25, -0.2) is 0 Å². The Kier molecular flexibility index (Phi) is 12.0. The summed E-state index contributed by atoms with van der Waals surface area (Å²) in [7, 11) is 0. The van der Waals surface area contributed by atoms with Gasteiger partial charge in [0.15, 0.2) is 0 Å². The van der Waals surface area contributed by atoms with Crippen LogP contribution in [-0.4, -0.2) is 25.6 Å². The predicted octanol–water partition coefficient (Wildman–Crippen LogP) is 7.06. The van der Waals surface area contributed by atoms with Crippen LogP contribution in [0.15, 0.2) is 58.7 Å². The van der Waals surface area contributed by atoms with E-state index in [1.54, 1.807) is 12.4 Å². The molecule has 0 aromatic heterocycles. The average Bonchev–Trinajstić information content (AvgIpc) is 2.78. The fourth-order valence-corrected chi connectivity index (χ4v) is 2.94. The van der Waals surface area contributed by atoms with E-state index in [4.69, 9.17) is 9.47 Å². The summed E-state index contributed by atoms with van der Waals surface area (Å²) < 4.78 is 11.5. The standard InChI is InChI=1S/C26H36N2O2/c1-3-5-7-9-19-29-25-15-11-23(12-16-25)21-27-28-22-24-13-17-26(18-14-24)30-20-10-8-6-4-2/h11-18,21-22H,3-10,19-20H2,1-2H3/b27-21-,28-22+. The molecule has 0 aliphatic rings. The number of ether oxygens (including phenoxy) is 2. The van der Waals surface area contributed by atoms with Crippen molar-refractivity contribution in [1.29, 1.82) is 0 Å². The maximum atomic E-state index is 5.76. The van der Waals surface area contributed by atoms with Crippen LogP contribution in [0.3, 0.4) is 0 Å². The highest BCUT2D eigenvalue weighted by Gasteiger charge is 1.96. The summed E-state index contributed by atoms with van der Waals surface area (Å²) in [5, 5.41) is 8.27. The second-order valence-corrected chi connectivity index (χ2v) is 7.45. The lowest BCUT2D eigenvalue weighted by molar-refractivity contribution is 0.305. The molecule has 2 aromatic rings. The number of hydrogen-bond donors (Lipinski definition) is 0. The summed E-state index contributed by atoms with van der Waals surface area (Å²) in [5.74, 6) is 1.81. The van der Waals surface area contributed by atoms with Gasteiger partial charge in [0.1, 0.15) is 11.5 Å². The number of rotatable bonds is 15. The highest BCUT2D eigenvalue weighted by Crippen LogP contribution is 2.13. The van der Waals surface area contributed by atoms with Crippen LogP contribution in [0.25, 0.3) is 0 Å². The van der Waals surface area contributed by atoms with Crippen LogP contribution in [0.5, 0.6) is 11.5 Å². The molecular formula is C26H36N2O2. The molecule has 0 atom stereocenters. The lowest BCUT2D eigenvalue weighted by atomic mass is 10.2. The van der Waals surface area contributed by atoms with Gasteiger partial charge in [0.05, 0.1) is 25.6 Å². The first-order valence-electron chi connectivity index (χ1n) is 11.3. The molecule has 4 heteroatoms.